The van der Waals surface area contributed by atoms with E-state index in [4.69, 9.17) is 5.11 Å². The molecule has 1 aromatic carbocycles. The molecule has 1 aromatic rings. The second-order valence-electron chi connectivity index (χ2n) is 4.72. The first kappa shape index (κ1) is 16.7. The summed E-state index contributed by atoms with van der Waals surface area (Å²) in [4.78, 5) is 10.8. The number of carboxylic acids is 1. The van der Waals surface area contributed by atoms with Gasteiger partial charge in [0.15, 0.2) is 0 Å². The molecule has 0 aromatic heterocycles. The molecule has 2 N–H and O–H groups in total. The zero-order valence-electron chi connectivity index (χ0n) is 11.6. The number of hydrogen-bond donors (Lipinski definition) is 2. The van der Waals surface area contributed by atoms with Crippen molar-refractivity contribution < 1.29 is 18.3 Å². The summed E-state index contributed by atoms with van der Waals surface area (Å²) in [5.41, 5.74) is 0.576. The van der Waals surface area contributed by atoms with Crippen LogP contribution in [0.25, 0.3) is 0 Å². The Morgan fingerprint density at radius 1 is 1.25 bits per heavy atom. The number of unbranched alkanes of at least 4 members (excludes halogenated alkanes) is 3. The SMILES string of the molecule is CCCCCCNS(=O)(=O)Cc1cccc(C(=O)O)c1. The first-order valence-electron chi connectivity index (χ1n) is 6.74. The Hall–Kier alpha value is -1.40. The van der Waals surface area contributed by atoms with Gasteiger partial charge >= 0.3 is 5.97 Å². The van der Waals surface area contributed by atoms with Gasteiger partial charge in [0.1, 0.15) is 0 Å². The Balaban J connectivity index is 2.53. The van der Waals surface area contributed by atoms with Crippen molar-refractivity contribution in [3.8, 4) is 0 Å². The molecule has 0 spiro atoms. The summed E-state index contributed by atoms with van der Waals surface area (Å²) in [5.74, 6) is -1.25. The van der Waals surface area contributed by atoms with E-state index in [9.17, 15) is 13.2 Å². The minimum Gasteiger partial charge on any atom is -0.478 e. The Morgan fingerprint density at radius 3 is 2.65 bits per heavy atom. The molecule has 0 aliphatic carbocycles. The minimum absolute atomic E-state index is 0.0978. The zero-order chi connectivity index (χ0) is 15.0. The maximum Gasteiger partial charge on any atom is 0.335 e. The summed E-state index contributed by atoms with van der Waals surface area (Å²) in [5, 5.41) is 8.87. The fourth-order valence-corrected chi connectivity index (χ4v) is 3.02. The highest BCUT2D eigenvalue weighted by molar-refractivity contribution is 7.88. The molecule has 0 saturated carbocycles. The van der Waals surface area contributed by atoms with Crippen LogP contribution in [0, 0.1) is 0 Å². The number of sulfonamides is 1. The number of carbonyl (C=O) groups is 1. The van der Waals surface area contributed by atoms with Crippen LogP contribution in [0.1, 0.15) is 48.5 Å². The first-order chi connectivity index (χ1) is 9.44. The van der Waals surface area contributed by atoms with Gasteiger partial charge in [-0.05, 0) is 24.1 Å². The predicted octanol–water partition coefficient (Wildman–Crippen LogP) is 2.38. The fourth-order valence-electron chi connectivity index (χ4n) is 1.84. The summed E-state index contributed by atoms with van der Waals surface area (Å²) >= 11 is 0. The molecule has 1 rings (SSSR count). The number of benzene rings is 1. The van der Waals surface area contributed by atoms with Crippen LogP contribution in [-0.2, 0) is 15.8 Å². The molecule has 0 amide bonds. The van der Waals surface area contributed by atoms with E-state index >= 15 is 0 Å². The minimum atomic E-state index is -3.41. The fraction of sp³-hybridized carbons (Fsp3) is 0.500. The lowest BCUT2D eigenvalue weighted by Crippen LogP contribution is -2.26. The van der Waals surface area contributed by atoms with Gasteiger partial charge in [0.25, 0.3) is 0 Å². The summed E-state index contributed by atoms with van der Waals surface area (Å²) < 4.78 is 26.3. The maximum atomic E-state index is 11.9. The highest BCUT2D eigenvalue weighted by atomic mass is 32.2. The molecule has 0 aliphatic rings. The van der Waals surface area contributed by atoms with E-state index in [0.29, 0.717) is 12.1 Å². The summed E-state index contributed by atoms with van der Waals surface area (Å²) in [6.07, 6.45) is 4.03. The lowest BCUT2D eigenvalue weighted by atomic mass is 10.1. The van der Waals surface area contributed by atoms with Crippen LogP contribution in [0.4, 0.5) is 0 Å². The highest BCUT2D eigenvalue weighted by Gasteiger charge is 2.12. The van der Waals surface area contributed by atoms with Crippen LogP contribution in [0.15, 0.2) is 24.3 Å². The van der Waals surface area contributed by atoms with Crippen LogP contribution >= 0.6 is 0 Å². The molecule has 0 atom stereocenters. The molecule has 0 radical (unpaired) electrons. The van der Waals surface area contributed by atoms with Crippen LogP contribution in [-0.4, -0.2) is 26.0 Å². The van der Waals surface area contributed by atoms with E-state index in [-0.39, 0.29) is 11.3 Å². The summed E-state index contributed by atoms with van der Waals surface area (Å²) in [7, 11) is -3.41. The number of carboxylic acid groups (broad SMARTS) is 1. The number of nitrogens with one attached hydrogen (secondary N) is 1. The molecule has 6 heteroatoms. The lowest BCUT2D eigenvalue weighted by Gasteiger charge is -2.07. The average molecular weight is 299 g/mol. The predicted molar refractivity (Wildman–Crippen MR) is 78.2 cm³/mol. The van der Waals surface area contributed by atoms with E-state index in [1.807, 2.05) is 0 Å². The Labute approximate surface area is 120 Å². The molecule has 0 heterocycles. The molecule has 112 valence electrons. The third kappa shape index (κ3) is 6.16. The van der Waals surface area contributed by atoms with Gasteiger partial charge in [-0.2, -0.15) is 0 Å². The van der Waals surface area contributed by atoms with Crippen molar-refractivity contribution in [2.24, 2.45) is 0 Å². The van der Waals surface area contributed by atoms with E-state index in [1.54, 1.807) is 12.1 Å². The van der Waals surface area contributed by atoms with Crippen LogP contribution < -0.4 is 4.72 Å². The first-order valence-corrected chi connectivity index (χ1v) is 8.39. The third-order valence-electron chi connectivity index (χ3n) is 2.88. The molecule has 0 unspecified atom stereocenters. The van der Waals surface area contributed by atoms with Crippen molar-refractivity contribution in [3.63, 3.8) is 0 Å². The summed E-state index contributed by atoms with van der Waals surface area (Å²) in [6.45, 7) is 2.53. The standard InChI is InChI=1S/C14H21NO4S/c1-2-3-4-5-9-15-20(18,19)11-12-7-6-8-13(10-12)14(16)17/h6-8,10,15H,2-5,9,11H2,1H3,(H,16,17). The molecule has 20 heavy (non-hydrogen) atoms. The maximum absolute atomic E-state index is 11.9. The monoisotopic (exact) mass is 299 g/mol. The number of aromatic carboxylic acids is 1. The second kappa shape index (κ2) is 8.01. The van der Waals surface area contributed by atoms with Gasteiger partial charge in [0.2, 0.25) is 10.0 Å². The van der Waals surface area contributed by atoms with E-state index in [0.717, 1.165) is 25.7 Å². The van der Waals surface area contributed by atoms with Crippen molar-refractivity contribution in [1.29, 1.82) is 0 Å². The molecule has 0 bridgehead atoms. The Bertz CT molecular complexity index is 540. The Morgan fingerprint density at radius 2 is 2.00 bits per heavy atom. The van der Waals surface area contributed by atoms with E-state index in [2.05, 4.69) is 11.6 Å². The molecule has 0 saturated heterocycles. The second-order valence-corrected chi connectivity index (χ2v) is 6.53. The van der Waals surface area contributed by atoms with Crippen LogP contribution in [0.3, 0.4) is 0 Å². The van der Waals surface area contributed by atoms with Crippen molar-refractivity contribution >= 4 is 16.0 Å². The highest BCUT2D eigenvalue weighted by Crippen LogP contribution is 2.09. The zero-order valence-corrected chi connectivity index (χ0v) is 12.4. The quantitative estimate of drug-likeness (QED) is 0.686. The van der Waals surface area contributed by atoms with Gasteiger partial charge in [0, 0.05) is 6.54 Å². The number of hydrogen-bond acceptors (Lipinski definition) is 3. The Kier molecular flexibility index (Phi) is 6.67. The van der Waals surface area contributed by atoms with Crippen molar-refractivity contribution in [1.82, 2.24) is 4.72 Å². The van der Waals surface area contributed by atoms with Gasteiger partial charge in [-0.3, -0.25) is 0 Å². The van der Waals surface area contributed by atoms with Crippen molar-refractivity contribution in [2.75, 3.05) is 6.54 Å². The topological polar surface area (TPSA) is 83.5 Å². The van der Waals surface area contributed by atoms with Gasteiger partial charge in [0.05, 0.1) is 11.3 Å². The van der Waals surface area contributed by atoms with Crippen LogP contribution in [0.2, 0.25) is 0 Å². The smallest absolute Gasteiger partial charge is 0.335 e. The van der Waals surface area contributed by atoms with Gasteiger partial charge in [-0.25, -0.2) is 17.9 Å². The van der Waals surface area contributed by atoms with Gasteiger partial charge < -0.3 is 5.11 Å². The largest absolute Gasteiger partial charge is 0.478 e. The molecule has 0 fully saturated rings. The van der Waals surface area contributed by atoms with Gasteiger partial charge in [-0.1, -0.05) is 38.3 Å². The molecule has 5 nitrogen and oxygen atoms in total. The lowest BCUT2D eigenvalue weighted by molar-refractivity contribution is 0.0696. The third-order valence-corrected chi connectivity index (χ3v) is 4.24. The molecular formula is C14H21NO4S. The van der Waals surface area contributed by atoms with E-state index in [1.165, 1.54) is 12.1 Å². The van der Waals surface area contributed by atoms with E-state index < -0.39 is 16.0 Å². The molecule has 0 aliphatic heterocycles. The van der Waals surface area contributed by atoms with Gasteiger partial charge in [-0.15, -0.1) is 0 Å². The van der Waals surface area contributed by atoms with Crippen molar-refractivity contribution in [2.45, 2.75) is 38.4 Å². The average Bonchev–Trinajstić information content (AvgIpc) is 2.38. The summed E-state index contributed by atoms with van der Waals surface area (Å²) in [6, 6.07) is 5.99. The normalized spacial score (nSPS) is 11.4. The van der Waals surface area contributed by atoms with Crippen LogP contribution in [0.5, 0.6) is 0 Å². The number of rotatable bonds is 9. The van der Waals surface area contributed by atoms with Crippen molar-refractivity contribution in [3.05, 3.63) is 35.4 Å². The molecular weight excluding hydrogens is 278 g/mol.